The first-order chi connectivity index (χ1) is 8.47. The van der Waals surface area contributed by atoms with Crippen molar-refractivity contribution in [2.24, 2.45) is 11.3 Å². The molecule has 2 fully saturated rings. The highest BCUT2D eigenvalue weighted by Gasteiger charge is 2.34. The van der Waals surface area contributed by atoms with Crippen LogP contribution in [0.15, 0.2) is 0 Å². The van der Waals surface area contributed by atoms with E-state index in [2.05, 4.69) is 35.9 Å². The first kappa shape index (κ1) is 13.8. The Morgan fingerprint density at radius 3 is 2.44 bits per heavy atom. The molecule has 1 atom stereocenters. The summed E-state index contributed by atoms with van der Waals surface area (Å²) >= 11 is 0. The van der Waals surface area contributed by atoms with Crippen molar-refractivity contribution in [3.05, 3.63) is 0 Å². The maximum absolute atomic E-state index is 12.2. The lowest BCUT2D eigenvalue weighted by Gasteiger charge is -2.29. The van der Waals surface area contributed by atoms with Crippen molar-refractivity contribution in [3.63, 3.8) is 0 Å². The van der Waals surface area contributed by atoms with Crippen LogP contribution >= 0.6 is 0 Å². The fraction of sp³-hybridized carbons (Fsp3) is 0.929. The third-order valence-corrected chi connectivity index (χ3v) is 4.33. The molecule has 0 aromatic rings. The van der Waals surface area contributed by atoms with Crippen LogP contribution in [-0.4, -0.2) is 61.5 Å². The van der Waals surface area contributed by atoms with Gasteiger partial charge >= 0.3 is 0 Å². The van der Waals surface area contributed by atoms with Gasteiger partial charge in [-0.15, -0.1) is 0 Å². The predicted octanol–water partition coefficient (Wildman–Crippen LogP) is 0.786. The normalized spacial score (nSPS) is 26.6. The molecule has 2 rings (SSSR count). The van der Waals surface area contributed by atoms with Gasteiger partial charge in [-0.2, -0.15) is 0 Å². The number of carbonyl (C=O) groups excluding carboxylic acids is 1. The highest BCUT2D eigenvalue weighted by molar-refractivity contribution is 5.78. The van der Waals surface area contributed by atoms with E-state index in [4.69, 9.17) is 0 Å². The largest absolute Gasteiger partial charge is 0.341 e. The quantitative estimate of drug-likeness (QED) is 0.790. The fourth-order valence-electron chi connectivity index (χ4n) is 2.85. The first-order valence-corrected chi connectivity index (χ1v) is 7.17. The van der Waals surface area contributed by atoms with E-state index in [1.165, 1.54) is 0 Å². The topological polar surface area (TPSA) is 35.6 Å². The van der Waals surface area contributed by atoms with Crippen LogP contribution in [0.25, 0.3) is 0 Å². The maximum atomic E-state index is 12.2. The van der Waals surface area contributed by atoms with Crippen LogP contribution in [0, 0.1) is 11.3 Å². The van der Waals surface area contributed by atoms with E-state index in [-0.39, 0.29) is 0 Å². The first-order valence-electron chi connectivity index (χ1n) is 7.17. The smallest absolute Gasteiger partial charge is 0.236 e. The van der Waals surface area contributed by atoms with Crippen molar-refractivity contribution in [2.75, 3.05) is 45.8 Å². The summed E-state index contributed by atoms with van der Waals surface area (Å²) in [5, 5.41) is 3.32. The van der Waals surface area contributed by atoms with Gasteiger partial charge < -0.3 is 10.2 Å². The number of likely N-dealkylation sites (tertiary alicyclic amines) is 1. The molecule has 18 heavy (non-hydrogen) atoms. The molecule has 4 nitrogen and oxygen atoms in total. The predicted molar refractivity (Wildman–Crippen MR) is 73.5 cm³/mol. The van der Waals surface area contributed by atoms with Gasteiger partial charge in [0.15, 0.2) is 0 Å². The lowest BCUT2D eigenvalue weighted by molar-refractivity contribution is -0.131. The van der Waals surface area contributed by atoms with Gasteiger partial charge in [0, 0.05) is 39.3 Å². The molecule has 0 radical (unpaired) electrons. The minimum absolute atomic E-state index is 0.323. The molecular formula is C14H27N3O. The van der Waals surface area contributed by atoms with E-state index in [1.807, 2.05) is 0 Å². The van der Waals surface area contributed by atoms with E-state index in [1.54, 1.807) is 0 Å². The summed E-state index contributed by atoms with van der Waals surface area (Å²) in [6.07, 6.45) is 1.16. The van der Waals surface area contributed by atoms with Crippen LogP contribution in [0.4, 0.5) is 0 Å². The molecule has 1 unspecified atom stereocenters. The molecule has 2 aliphatic heterocycles. The van der Waals surface area contributed by atoms with E-state index in [9.17, 15) is 4.79 Å². The van der Waals surface area contributed by atoms with Crippen LogP contribution in [0.1, 0.15) is 27.2 Å². The summed E-state index contributed by atoms with van der Waals surface area (Å²) in [5.41, 5.74) is 0.323. The molecule has 1 N–H and O–H groups in total. The molecule has 0 saturated carbocycles. The summed E-state index contributed by atoms with van der Waals surface area (Å²) < 4.78 is 0. The Kier molecular flexibility index (Phi) is 4.28. The van der Waals surface area contributed by atoms with Crippen molar-refractivity contribution in [3.8, 4) is 0 Å². The van der Waals surface area contributed by atoms with Gasteiger partial charge in [0.1, 0.15) is 0 Å². The molecule has 2 heterocycles. The number of hydrogen-bond acceptors (Lipinski definition) is 3. The second-order valence-corrected chi connectivity index (χ2v) is 6.72. The number of nitrogens with zero attached hydrogens (tertiary/aromatic N) is 2. The molecule has 0 aliphatic carbocycles. The molecule has 0 bridgehead atoms. The van der Waals surface area contributed by atoms with Crippen molar-refractivity contribution in [1.29, 1.82) is 0 Å². The average molecular weight is 253 g/mol. The Labute approximate surface area is 111 Å². The summed E-state index contributed by atoms with van der Waals surface area (Å²) in [6, 6.07) is 0. The molecule has 104 valence electrons. The number of amides is 1. The lowest BCUT2D eigenvalue weighted by Crippen LogP contribution is -2.48. The minimum Gasteiger partial charge on any atom is -0.341 e. The van der Waals surface area contributed by atoms with E-state index in [0.29, 0.717) is 23.8 Å². The van der Waals surface area contributed by atoms with Gasteiger partial charge in [0.25, 0.3) is 0 Å². The molecule has 0 aromatic heterocycles. The van der Waals surface area contributed by atoms with Crippen LogP contribution < -0.4 is 5.32 Å². The Bertz CT molecular complexity index is 292. The van der Waals surface area contributed by atoms with E-state index < -0.39 is 0 Å². The number of nitrogens with one attached hydrogen (secondary N) is 1. The van der Waals surface area contributed by atoms with Gasteiger partial charge in [-0.25, -0.2) is 0 Å². The number of piperazine rings is 1. The number of hydrogen-bond donors (Lipinski definition) is 1. The zero-order chi connectivity index (χ0) is 13.2. The highest BCUT2D eigenvalue weighted by atomic mass is 16.2. The molecule has 0 aromatic carbocycles. The molecular weight excluding hydrogens is 226 g/mol. The Hall–Kier alpha value is -0.610. The third kappa shape index (κ3) is 3.45. The van der Waals surface area contributed by atoms with Gasteiger partial charge in [-0.05, 0) is 17.8 Å². The SMILES string of the molecule is CC(C)(C)C1CCN(C(=O)CN2CCNCC2)C1. The third-order valence-electron chi connectivity index (χ3n) is 4.33. The van der Waals surface area contributed by atoms with Crippen LogP contribution in [-0.2, 0) is 4.79 Å². The molecule has 2 saturated heterocycles. The Morgan fingerprint density at radius 1 is 1.22 bits per heavy atom. The van der Waals surface area contributed by atoms with Crippen molar-refractivity contribution < 1.29 is 4.79 Å². The summed E-state index contributed by atoms with van der Waals surface area (Å²) in [6.45, 7) is 13.4. The minimum atomic E-state index is 0.323. The summed E-state index contributed by atoms with van der Waals surface area (Å²) in [4.78, 5) is 16.6. The second-order valence-electron chi connectivity index (χ2n) is 6.72. The van der Waals surface area contributed by atoms with E-state index in [0.717, 1.165) is 45.7 Å². The average Bonchev–Trinajstić information content (AvgIpc) is 2.79. The summed E-state index contributed by atoms with van der Waals surface area (Å²) in [7, 11) is 0. The second kappa shape index (κ2) is 5.57. The monoisotopic (exact) mass is 253 g/mol. The Morgan fingerprint density at radius 2 is 1.89 bits per heavy atom. The number of carbonyl (C=O) groups is 1. The molecule has 1 amide bonds. The van der Waals surface area contributed by atoms with Gasteiger partial charge in [0.2, 0.25) is 5.91 Å². The zero-order valence-corrected chi connectivity index (χ0v) is 12.0. The van der Waals surface area contributed by atoms with Gasteiger partial charge in [0.05, 0.1) is 6.54 Å². The van der Waals surface area contributed by atoms with Crippen molar-refractivity contribution in [1.82, 2.24) is 15.1 Å². The Balaban J connectivity index is 1.80. The van der Waals surface area contributed by atoms with Crippen LogP contribution in [0.3, 0.4) is 0 Å². The number of rotatable bonds is 2. The van der Waals surface area contributed by atoms with Crippen molar-refractivity contribution >= 4 is 5.91 Å². The lowest BCUT2D eigenvalue weighted by atomic mass is 9.80. The van der Waals surface area contributed by atoms with Crippen molar-refractivity contribution in [2.45, 2.75) is 27.2 Å². The maximum Gasteiger partial charge on any atom is 0.236 e. The molecule has 0 spiro atoms. The molecule has 2 aliphatic rings. The van der Waals surface area contributed by atoms with E-state index >= 15 is 0 Å². The highest BCUT2D eigenvalue weighted by Crippen LogP contribution is 2.33. The summed E-state index contributed by atoms with van der Waals surface area (Å²) in [5.74, 6) is 0.980. The zero-order valence-electron chi connectivity index (χ0n) is 12.0. The molecule has 4 heteroatoms. The van der Waals surface area contributed by atoms with Gasteiger partial charge in [-0.3, -0.25) is 9.69 Å². The van der Waals surface area contributed by atoms with Gasteiger partial charge in [-0.1, -0.05) is 20.8 Å². The van der Waals surface area contributed by atoms with Crippen LogP contribution in [0.2, 0.25) is 0 Å². The van der Waals surface area contributed by atoms with Crippen LogP contribution in [0.5, 0.6) is 0 Å². The standard InChI is InChI=1S/C14H27N3O/c1-14(2,3)12-4-7-17(10-12)13(18)11-16-8-5-15-6-9-16/h12,15H,4-11H2,1-3H3. The fourth-order valence-corrected chi connectivity index (χ4v) is 2.85.